The summed E-state index contributed by atoms with van der Waals surface area (Å²) in [6.45, 7) is 6.04. The van der Waals surface area contributed by atoms with Crippen LogP contribution in [0.1, 0.15) is 50.8 Å². The van der Waals surface area contributed by atoms with Crippen LogP contribution in [0, 0.1) is 0 Å². The number of fused-ring (bicyclic) bond motifs is 2. The smallest absolute Gasteiger partial charge is 0.325 e. The van der Waals surface area contributed by atoms with Crippen LogP contribution in [0.3, 0.4) is 0 Å². The van der Waals surface area contributed by atoms with Crippen molar-refractivity contribution in [2.24, 2.45) is 0 Å². The van der Waals surface area contributed by atoms with E-state index in [0.29, 0.717) is 38.9 Å². The van der Waals surface area contributed by atoms with Crippen molar-refractivity contribution in [3.8, 4) is 0 Å². The van der Waals surface area contributed by atoms with Crippen LogP contribution in [0.4, 0.5) is 21.4 Å². The fraction of sp³-hybridized carbons (Fsp3) is 0.429. The molecule has 1 aromatic carbocycles. The van der Waals surface area contributed by atoms with Gasteiger partial charge in [-0.05, 0) is 76.4 Å². The average molecular weight is 801 g/mol. The molecule has 0 bridgehead atoms. The fourth-order valence-corrected chi connectivity index (χ4v) is 7.06. The first-order chi connectivity index (χ1) is 25.4. The lowest BCUT2D eigenvalue weighted by Gasteiger charge is -2.13. The highest BCUT2D eigenvalue weighted by Crippen LogP contribution is 2.22. The zero-order valence-corrected chi connectivity index (χ0v) is 31.6. The highest BCUT2D eigenvalue weighted by molar-refractivity contribution is 7.15. The third-order valence-corrected chi connectivity index (χ3v) is 10.0. The maximum Gasteiger partial charge on any atom is 0.325 e. The SMILES string of the molecule is C.ClCCCCn1cc2ncnc(Cl)c2n1.O=C(Nc1cccc(Cl)c1)Nc1ncc(CCNc2ncnc3cn(CCCCN4CCCC4)nc23)s1. The second kappa shape index (κ2) is 20.3. The zero-order chi connectivity index (χ0) is 36.1. The van der Waals surface area contributed by atoms with Crippen LogP contribution in [0.2, 0.25) is 10.2 Å². The Labute approximate surface area is 327 Å². The molecule has 0 saturated carbocycles. The predicted molar refractivity (Wildman–Crippen MR) is 216 cm³/mol. The number of thiazole rings is 1. The van der Waals surface area contributed by atoms with Gasteiger partial charge in [0, 0.05) is 53.7 Å². The summed E-state index contributed by atoms with van der Waals surface area (Å²) >= 11 is 18.9. The molecule has 5 aromatic heterocycles. The lowest BCUT2D eigenvalue weighted by atomic mass is 10.3. The van der Waals surface area contributed by atoms with Gasteiger partial charge in [0.2, 0.25) is 0 Å². The highest BCUT2D eigenvalue weighted by atomic mass is 35.5. The molecule has 0 spiro atoms. The number of aromatic nitrogens is 9. The van der Waals surface area contributed by atoms with E-state index in [9.17, 15) is 4.79 Å². The van der Waals surface area contributed by atoms with Crippen LogP contribution >= 0.6 is 46.1 Å². The number of nitrogens with one attached hydrogen (secondary N) is 3. The normalized spacial score (nSPS) is 12.7. The molecule has 282 valence electrons. The zero-order valence-electron chi connectivity index (χ0n) is 28.5. The van der Waals surface area contributed by atoms with E-state index in [-0.39, 0.29) is 13.5 Å². The van der Waals surface area contributed by atoms with Crippen LogP contribution in [0.25, 0.3) is 22.1 Å². The molecule has 53 heavy (non-hydrogen) atoms. The summed E-state index contributed by atoms with van der Waals surface area (Å²) < 4.78 is 3.81. The highest BCUT2D eigenvalue weighted by Gasteiger charge is 2.13. The molecule has 1 saturated heterocycles. The van der Waals surface area contributed by atoms with Gasteiger partial charge in [0.25, 0.3) is 0 Å². The van der Waals surface area contributed by atoms with E-state index in [1.54, 1.807) is 36.8 Å². The van der Waals surface area contributed by atoms with Crippen LogP contribution in [0.15, 0.2) is 55.5 Å². The molecule has 1 fully saturated rings. The molecule has 0 aliphatic carbocycles. The number of aryl methyl sites for hydroxylation is 2. The minimum Gasteiger partial charge on any atom is -0.368 e. The largest absolute Gasteiger partial charge is 0.368 e. The predicted octanol–water partition coefficient (Wildman–Crippen LogP) is 8.25. The van der Waals surface area contributed by atoms with Gasteiger partial charge in [-0.3, -0.25) is 14.7 Å². The number of nitrogens with zero attached hydrogens (tertiary/aromatic N) is 10. The van der Waals surface area contributed by atoms with Crippen LogP contribution in [-0.4, -0.2) is 87.5 Å². The maximum atomic E-state index is 12.2. The topological polar surface area (TPSA) is 156 Å². The van der Waals surface area contributed by atoms with Gasteiger partial charge < -0.3 is 15.5 Å². The molecule has 14 nitrogen and oxygen atoms in total. The Hall–Kier alpha value is -4.15. The monoisotopic (exact) mass is 799 g/mol. The molecule has 18 heteroatoms. The molecule has 0 radical (unpaired) electrons. The van der Waals surface area contributed by atoms with E-state index >= 15 is 0 Å². The molecular weight excluding hydrogens is 757 g/mol. The molecule has 3 N–H and O–H groups in total. The maximum absolute atomic E-state index is 12.2. The second-order valence-corrected chi connectivity index (χ2v) is 14.5. The number of alkyl halides is 1. The molecule has 0 unspecified atom stereocenters. The van der Waals surface area contributed by atoms with Crippen molar-refractivity contribution in [1.29, 1.82) is 0 Å². The molecule has 7 rings (SSSR count). The third-order valence-electron chi connectivity index (χ3n) is 8.26. The number of likely N-dealkylation sites (tertiary alicyclic amines) is 1. The van der Waals surface area contributed by atoms with Gasteiger partial charge in [-0.15, -0.1) is 22.9 Å². The van der Waals surface area contributed by atoms with E-state index in [0.717, 1.165) is 66.0 Å². The Morgan fingerprint density at radius 2 is 1.53 bits per heavy atom. The van der Waals surface area contributed by atoms with Gasteiger partial charge in [0.05, 0.1) is 12.4 Å². The van der Waals surface area contributed by atoms with E-state index < -0.39 is 0 Å². The standard InChI is InChI=1S/C25H30ClN9OS.C9H10Cl2N4.CH4/c26-18-6-5-7-19(14-18)31-24(36)32-25-28-15-20(37-25)8-9-27-23-22-21(29-17-30-23)16-35(33-22)13-4-3-12-34-10-1-2-11-34;10-3-1-2-4-15-5-7-8(14-15)9(11)13-6-12-7;/h5-7,14-17H,1-4,8-13H2,(H,27,29,30)(H2,28,31,32,36);5-6H,1-4H2;1H4. The summed E-state index contributed by atoms with van der Waals surface area (Å²) in [7, 11) is 0. The lowest BCUT2D eigenvalue weighted by molar-refractivity contribution is 0.262. The Morgan fingerprint density at radius 1 is 0.830 bits per heavy atom. The Balaban J connectivity index is 0.000000283. The van der Waals surface area contributed by atoms with Crippen molar-refractivity contribution in [3.05, 3.63) is 70.6 Å². The average Bonchev–Trinajstić information content (AvgIpc) is 3.95. The number of carbonyl (C=O) groups excluding carboxylic acids is 1. The van der Waals surface area contributed by atoms with Gasteiger partial charge in [-0.2, -0.15) is 10.2 Å². The number of hydrogen-bond acceptors (Lipinski definition) is 11. The molecule has 2 amide bonds. The molecule has 1 aliphatic heterocycles. The van der Waals surface area contributed by atoms with Gasteiger partial charge in [-0.25, -0.2) is 29.7 Å². The molecule has 0 atom stereocenters. The van der Waals surface area contributed by atoms with Crippen molar-refractivity contribution >= 4 is 90.9 Å². The Bertz CT molecular complexity index is 2050. The van der Waals surface area contributed by atoms with Crippen LogP contribution in [-0.2, 0) is 19.5 Å². The molecule has 1 aliphatic rings. The van der Waals surface area contributed by atoms with Gasteiger partial charge in [0.1, 0.15) is 29.2 Å². The second-order valence-electron chi connectivity index (χ2n) is 12.2. The summed E-state index contributed by atoms with van der Waals surface area (Å²) in [6, 6.07) is 6.62. The summed E-state index contributed by atoms with van der Waals surface area (Å²) in [5.74, 6) is 1.41. The number of benzene rings is 1. The van der Waals surface area contributed by atoms with E-state index in [1.807, 2.05) is 21.8 Å². The molecule has 6 aromatic rings. The number of urea groups is 1. The first-order valence-electron chi connectivity index (χ1n) is 17.3. The van der Waals surface area contributed by atoms with Crippen LogP contribution in [0.5, 0.6) is 0 Å². The van der Waals surface area contributed by atoms with E-state index in [4.69, 9.17) is 39.9 Å². The number of rotatable bonds is 15. The first-order valence-corrected chi connectivity index (χ1v) is 19.4. The Morgan fingerprint density at radius 3 is 2.26 bits per heavy atom. The fourth-order valence-electron chi connectivity index (χ4n) is 5.69. The van der Waals surface area contributed by atoms with Gasteiger partial charge in [0.15, 0.2) is 21.6 Å². The van der Waals surface area contributed by atoms with Crippen LogP contribution < -0.4 is 16.0 Å². The first kappa shape index (κ1) is 40.0. The quantitative estimate of drug-likeness (QED) is 0.0525. The summed E-state index contributed by atoms with van der Waals surface area (Å²) in [6.07, 6.45) is 16.3. The number of halogens is 3. The number of unbranched alkanes of at least 4 members (excludes halogenated alkanes) is 2. The molecule has 6 heterocycles. The van der Waals surface area contributed by atoms with Crippen molar-refractivity contribution < 1.29 is 4.79 Å². The van der Waals surface area contributed by atoms with Crippen molar-refractivity contribution in [1.82, 2.24) is 49.4 Å². The number of anilines is 3. The van der Waals surface area contributed by atoms with E-state index in [1.165, 1.54) is 56.6 Å². The van der Waals surface area contributed by atoms with Crippen molar-refractivity contribution in [3.63, 3.8) is 0 Å². The summed E-state index contributed by atoms with van der Waals surface area (Å²) in [5.41, 5.74) is 3.68. The van der Waals surface area contributed by atoms with Crippen molar-refractivity contribution in [2.75, 3.05) is 48.0 Å². The van der Waals surface area contributed by atoms with Crippen molar-refractivity contribution in [2.45, 2.75) is 65.5 Å². The van der Waals surface area contributed by atoms with E-state index in [2.05, 4.69) is 50.9 Å². The summed E-state index contributed by atoms with van der Waals surface area (Å²) in [4.78, 5) is 36.9. The minimum absolute atomic E-state index is 0. The van der Waals surface area contributed by atoms with Gasteiger partial charge in [-0.1, -0.05) is 36.7 Å². The number of carbonyl (C=O) groups is 1. The number of hydrogen-bond donors (Lipinski definition) is 3. The van der Waals surface area contributed by atoms with Gasteiger partial charge >= 0.3 is 6.03 Å². The Kier molecular flexibility index (Phi) is 15.4. The minimum atomic E-state index is -0.365. The lowest BCUT2D eigenvalue weighted by Crippen LogP contribution is -2.20. The summed E-state index contributed by atoms with van der Waals surface area (Å²) in [5, 5.41) is 19.4. The molecular formula is C35H44Cl3N13OS. The number of amides is 2. The third kappa shape index (κ3) is 11.9.